The molecule has 2 bridgehead atoms. The van der Waals surface area contributed by atoms with Gasteiger partial charge in [-0.2, -0.15) is 0 Å². The molecule has 16 heteroatoms. The molecule has 402 valence electrons. The second-order valence-corrected chi connectivity index (χ2v) is 24.2. The maximum absolute atomic E-state index is 14.5. The first-order valence-corrected chi connectivity index (χ1v) is 28.3. The van der Waals surface area contributed by atoms with Gasteiger partial charge in [0.05, 0.1) is 30.5 Å². The fourth-order valence-corrected chi connectivity index (χ4v) is 12.3. The average molecular weight is 1020 g/mol. The number of fused-ring (bicyclic) bond motifs is 3. The largest absolute Gasteiger partial charge is 0.460 e. The Balaban J connectivity index is 1.70. The summed E-state index contributed by atoms with van der Waals surface area (Å²) in [7, 11) is 1.77. The number of carbonyl (C=O) groups is 5. The highest BCUT2D eigenvalue weighted by molar-refractivity contribution is 7.58. The molecule has 0 spiro atoms. The first kappa shape index (κ1) is 60.4. The molecular weight excluding hydrogens is 930 g/mol. The van der Waals surface area contributed by atoms with E-state index in [0.717, 1.165) is 12.0 Å². The number of Topliss-reactive ketones (excluding diaryl/α,β-unsaturated/α-hetero) is 3. The zero-order chi connectivity index (χ0) is 52.8. The lowest BCUT2D eigenvalue weighted by Crippen LogP contribution is -2.61. The molecule has 1 amide bonds. The Labute approximate surface area is 424 Å². The summed E-state index contributed by atoms with van der Waals surface area (Å²) in [6, 6.07) is -1.16. The highest BCUT2D eigenvalue weighted by Gasteiger charge is 2.53. The van der Waals surface area contributed by atoms with Gasteiger partial charge in [-0.25, -0.2) is 4.79 Å². The summed E-state index contributed by atoms with van der Waals surface area (Å²) in [5.74, 6) is -8.08. The van der Waals surface area contributed by atoms with Crippen LogP contribution in [0.15, 0.2) is 47.6 Å². The van der Waals surface area contributed by atoms with Gasteiger partial charge in [-0.05, 0) is 107 Å². The third-order valence-corrected chi connectivity index (χ3v) is 18.3. The van der Waals surface area contributed by atoms with Gasteiger partial charge in [0.25, 0.3) is 11.7 Å². The number of allylic oxidation sites excluding steroid dienone is 6. The van der Waals surface area contributed by atoms with E-state index in [1.165, 1.54) is 12.0 Å². The summed E-state index contributed by atoms with van der Waals surface area (Å²) >= 11 is 0. The standard InChI is InChI=1S/C55H88NO14P/c1-13-71(64,14-2)70-45-26-24-41(31-48(45)66-11)30-37(6)47-33-44(57)36(5)29-39(8)50(59)51(67-12)49(58)38(7)28-34(3)20-16-15-17-21-35(4)46(65-10)32-42-25-23-40(9)55(63,69-42)52(60)53(61)56-27-19-18-22-43(56)54(62)68-47/h15-17,20-21,29,34,37-43,45-48,50-51,59,63H,13-14,18-19,22-28,30-33H2,1-12H3/b17-15?,20-16?,35-21?,36-29+/t34-,37-,38-,39?,40-,41+,42+,43?,45-,46+,47+,48-,50-,51+,55?/m1/s1. The minimum absolute atomic E-state index is 0.0139. The normalized spacial score (nSPS) is 36.6. The van der Waals surface area contributed by atoms with Gasteiger partial charge in [-0.15, -0.1) is 0 Å². The monoisotopic (exact) mass is 1020 g/mol. The Morgan fingerprint density at radius 3 is 2.21 bits per heavy atom. The molecule has 71 heavy (non-hydrogen) atoms. The van der Waals surface area contributed by atoms with Crippen LogP contribution in [0.3, 0.4) is 0 Å². The van der Waals surface area contributed by atoms with Crippen molar-refractivity contribution in [3.8, 4) is 0 Å². The van der Waals surface area contributed by atoms with E-state index in [1.807, 2.05) is 71.9 Å². The number of ketones is 3. The Bertz CT molecular complexity index is 1970. The molecule has 3 fully saturated rings. The van der Waals surface area contributed by atoms with Crippen LogP contribution in [0.1, 0.15) is 139 Å². The highest BCUT2D eigenvalue weighted by atomic mass is 31.2. The number of methoxy groups -OCH3 is 3. The summed E-state index contributed by atoms with van der Waals surface area (Å²) < 4.78 is 49.4. The van der Waals surface area contributed by atoms with Crippen molar-refractivity contribution in [3.05, 3.63) is 47.6 Å². The van der Waals surface area contributed by atoms with Crippen LogP contribution in [-0.4, -0.2) is 139 Å². The number of amides is 1. The number of hydrogen-bond donors (Lipinski definition) is 2. The number of carbonyl (C=O) groups excluding carboxylic acids is 5. The molecule has 2 N–H and O–H groups in total. The van der Waals surface area contributed by atoms with Gasteiger partial charge in [0.2, 0.25) is 13.2 Å². The Morgan fingerprint density at radius 1 is 0.859 bits per heavy atom. The molecular formula is C55H88NO14P. The number of esters is 1. The maximum Gasteiger partial charge on any atom is 0.329 e. The second-order valence-electron chi connectivity index (χ2n) is 21.1. The Kier molecular flexibility index (Phi) is 23.8. The lowest BCUT2D eigenvalue weighted by Gasteiger charge is -2.42. The molecule has 15 nitrogen and oxygen atoms in total. The van der Waals surface area contributed by atoms with Crippen LogP contribution in [0.4, 0.5) is 0 Å². The smallest absolute Gasteiger partial charge is 0.329 e. The molecule has 2 saturated heterocycles. The number of aliphatic hydroxyl groups excluding tert-OH is 1. The van der Waals surface area contributed by atoms with Crippen LogP contribution < -0.4 is 0 Å². The number of cyclic esters (lactones) is 1. The van der Waals surface area contributed by atoms with Crippen molar-refractivity contribution in [1.29, 1.82) is 0 Å². The summed E-state index contributed by atoms with van der Waals surface area (Å²) in [4.78, 5) is 72.4. The molecule has 15 atom stereocenters. The van der Waals surface area contributed by atoms with Crippen LogP contribution in [0.25, 0.3) is 0 Å². The van der Waals surface area contributed by atoms with E-state index >= 15 is 0 Å². The molecule has 4 rings (SSSR count). The number of ether oxygens (including phenoxy) is 5. The van der Waals surface area contributed by atoms with Crippen molar-refractivity contribution in [3.63, 3.8) is 0 Å². The molecule has 1 saturated carbocycles. The lowest BCUT2D eigenvalue weighted by atomic mass is 9.78. The second kappa shape index (κ2) is 28.0. The summed E-state index contributed by atoms with van der Waals surface area (Å²) in [5, 5.41) is 23.5. The predicted octanol–water partition coefficient (Wildman–Crippen LogP) is 8.52. The van der Waals surface area contributed by atoms with Crippen molar-refractivity contribution in [2.24, 2.45) is 35.5 Å². The van der Waals surface area contributed by atoms with Gasteiger partial charge in [-0.1, -0.05) is 84.9 Å². The van der Waals surface area contributed by atoms with Crippen LogP contribution in [0.2, 0.25) is 0 Å². The van der Waals surface area contributed by atoms with Crippen molar-refractivity contribution >= 4 is 36.6 Å². The van der Waals surface area contributed by atoms with E-state index < -0.39 is 85.1 Å². The van der Waals surface area contributed by atoms with E-state index in [2.05, 4.69) is 0 Å². The molecule has 4 aliphatic rings. The zero-order valence-electron chi connectivity index (χ0n) is 44.8. The number of aliphatic hydroxyl groups is 2. The third kappa shape index (κ3) is 16.2. The third-order valence-electron chi connectivity index (χ3n) is 15.8. The molecule has 0 radical (unpaired) electrons. The Hall–Kier alpha value is -3.14. The first-order valence-electron chi connectivity index (χ1n) is 26.3. The minimum atomic E-state index is -2.81. The molecule has 0 aromatic rings. The van der Waals surface area contributed by atoms with Crippen LogP contribution in [0.5, 0.6) is 0 Å². The average Bonchev–Trinajstić information content (AvgIpc) is 3.35. The molecule has 3 aliphatic heterocycles. The topological polar surface area (TPSA) is 201 Å². The zero-order valence-corrected chi connectivity index (χ0v) is 45.7. The van der Waals surface area contributed by atoms with Gasteiger partial charge in [0, 0.05) is 70.8 Å². The summed E-state index contributed by atoms with van der Waals surface area (Å²) in [6.45, 7) is 16.5. The SMILES string of the molecule is CCP(=O)(CC)O[C@@H]1CC[C@@H](C[C@@H](C)[C@@H]2CC(=O)/C(C)=C/C(C)[C@@H](O)[C@@H](OC)C(=O)[C@H](C)C[C@H](C)C=CC=CC=C(C)[C@@H](OC)C[C@@H]3CC[C@@H](C)C(O)(O3)C(=O)C(=O)N3CCCCC3C(=O)O2)C[C@H]1OC. The predicted molar refractivity (Wildman–Crippen MR) is 273 cm³/mol. The van der Waals surface area contributed by atoms with Gasteiger partial charge in [-0.3, -0.25) is 23.7 Å². The van der Waals surface area contributed by atoms with Crippen molar-refractivity contribution in [2.75, 3.05) is 40.2 Å². The molecule has 1 aliphatic carbocycles. The number of rotatable bonds is 10. The van der Waals surface area contributed by atoms with Crippen LogP contribution >= 0.6 is 7.37 Å². The molecule has 3 heterocycles. The van der Waals surface area contributed by atoms with E-state index in [4.69, 9.17) is 28.2 Å². The van der Waals surface area contributed by atoms with Crippen LogP contribution in [-0.2, 0) is 56.7 Å². The van der Waals surface area contributed by atoms with E-state index in [-0.39, 0.29) is 60.9 Å². The number of nitrogens with zero attached hydrogens (tertiary/aromatic N) is 1. The van der Waals surface area contributed by atoms with Crippen molar-refractivity contribution in [2.45, 2.75) is 194 Å². The highest BCUT2D eigenvalue weighted by Crippen LogP contribution is 2.50. The van der Waals surface area contributed by atoms with Gasteiger partial charge >= 0.3 is 5.97 Å². The summed E-state index contributed by atoms with van der Waals surface area (Å²) in [6.07, 6.45) is 12.3. The van der Waals surface area contributed by atoms with E-state index in [0.29, 0.717) is 75.7 Å². The van der Waals surface area contributed by atoms with Gasteiger partial charge in [0.15, 0.2) is 11.6 Å². The van der Waals surface area contributed by atoms with E-state index in [1.54, 1.807) is 41.1 Å². The fraction of sp³-hybridized carbons (Fsp3) is 0.764. The van der Waals surface area contributed by atoms with Crippen molar-refractivity contribution in [1.82, 2.24) is 4.90 Å². The minimum Gasteiger partial charge on any atom is -0.460 e. The Morgan fingerprint density at radius 2 is 1.56 bits per heavy atom. The van der Waals surface area contributed by atoms with Crippen molar-refractivity contribution < 1.29 is 67.0 Å². The number of hydrogen-bond acceptors (Lipinski definition) is 14. The first-order chi connectivity index (χ1) is 33.6. The quantitative estimate of drug-likeness (QED) is 0.120. The van der Waals surface area contributed by atoms with Gasteiger partial charge in [0.1, 0.15) is 18.2 Å². The van der Waals surface area contributed by atoms with Crippen LogP contribution in [0, 0.1) is 35.5 Å². The maximum atomic E-state index is 14.5. The lowest BCUT2D eigenvalue weighted by molar-refractivity contribution is -0.265. The number of piperidine rings is 1. The van der Waals surface area contributed by atoms with Gasteiger partial charge < -0.3 is 43.3 Å². The molecule has 0 aromatic heterocycles. The molecule has 3 unspecified atom stereocenters. The fourth-order valence-electron chi connectivity index (χ4n) is 10.9. The summed E-state index contributed by atoms with van der Waals surface area (Å²) in [5.41, 5.74) is 1.18. The van der Waals surface area contributed by atoms with E-state index in [9.17, 15) is 38.8 Å². The molecule has 0 aromatic carbocycles.